The predicted molar refractivity (Wildman–Crippen MR) is 61.4 cm³/mol. The van der Waals surface area contributed by atoms with Crippen LogP contribution in [0.5, 0.6) is 0 Å². The van der Waals surface area contributed by atoms with Crippen molar-refractivity contribution in [2.24, 2.45) is 0 Å². The zero-order chi connectivity index (χ0) is 9.54. The van der Waals surface area contributed by atoms with Crippen molar-refractivity contribution in [2.75, 3.05) is 13.1 Å². The third-order valence-corrected chi connectivity index (χ3v) is 3.67. The highest BCUT2D eigenvalue weighted by Crippen LogP contribution is 2.31. The van der Waals surface area contributed by atoms with Gasteiger partial charge < -0.3 is 10.6 Å². The number of fused-ring (bicyclic) bond motifs is 2. The van der Waals surface area contributed by atoms with E-state index in [1.54, 1.807) is 5.57 Å². The molecule has 2 heterocycles. The molecule has 2 aliphatic heterocycles. The Morgan fingerprint density at radius 3 is 3.29 bits per heavy atom. The molecule has 1 aliphatic carbocycles. The first kappa shape index (κ1) is 8.89. The summed E-state index contributed by atoms with van der Waals surface area (Å²) in [7, 11) is 0. The third kappa shape index (κ3) is 1.31. The molecule has 0 spiro atoms. The third-order valence-electron chi connectivity index (χ3n) is 3.17. The average molecular weight is 253 g/mol. The van der Waals surface area contributed by atoms with Crippen molar-refractivity contribution >= 4 is 15.9 Å². The minimum absolute atomic E-state index is 0.455. The van der Waals surface area contributed by atoms with Gasteiger partial charge in [0.25, 0.3) is 0 Å². The van der Waals surface area contributed by atoms with Crippen molar-refractivity contribution in [1.29, 1.82) is 0 Å². The van der Waals surface area contributed by atoms with Crippen LogP contribution in [0.4, 0.5) is 0 Å². The number of allylic oxidation sites excluding steroid dienone is 2. The fraction of sp³-hybridized carbons (Fsp3) is 0.455. The van der Waals surface area contributed by atoms with Gasteiger partial charge in [-0.25, -0.2) is 0 Å². The second-order valence-corrected chi connectivity index (χ2v) is 4.95. The molecule has 2 unspecified atom stereocenters. The summed E-state index contributed by atoms with van der Waals surface area (Å²) >= 11 is 3.53. The van der Waals surface area contributed by atoms with Crippen molar-refractivity contribution in [3.8, 4) is 0 Å². The summed E-state index contributed by atoms with van der Waals surface area (Å²) in [6.45, 7) is 2.18. The van der Waals surface area contributed by atoms with Gasteiger partial charge in [-0.3, -0.25) is 0 Å². The number of piperidine rings is 1. The van der Waals surface area contributed by atoms with E-state index in [4.69, 9.17) is 0 Å². The maximum atomic E-state index is 3.65. The molecule has 74 valence electrons. The first-order valence-corrected chi connectivity index (χ1v) is 5.89. The summed E-state index contributed by atoms with van der Waals surface area (Å²) in [4.78, 5) is 0. The van der Waals surface area contributed by atoms with Gasteiger partial charge in [0.1, 0.15) is 0 Å². The highest BCUT2D eigenvalue weighted by Gasteiger charge is 2.32. The van der Waals surface area contributed by atoms with Gasteiger partial charge in [-0.2, -0.15) is 0 Å². The van der Waals surface area contributed by atoms with E-state index in [1.807, 2.05) is 0 Å². The second-order valence-electron chi connectivity index (χ2n) is 4.03. The van der Waals surface area contributed by atoms with E-state index in [9.17, 15) is 0 Å². The topological polar surface area (TPSA) is 24.1 Å². The Kier molecular flexibility index (Phi) is 2.11. The van der Waals surface area contributed by atoms with Crippen molar-refractivity contribution in [3.05, 3.63) is 33.9 Å². The molecular weight excluding hydrogens is 240 g/mol. The van der Waals surface area contributed by atoms with E-state index >= 15 is 0 Å². The lowest BCUT2D eigenvalue weighted by molar-refractivity contribution is 0.492. The standard InChI is InChI=1S/C11H13BrN2/c12-7-1-2-10-8(5-7)9-6-13-4-3-11(9)14-10/h1-2,5,10-11,13-14H,3-4,6H2. The quantitative estimate of drug-likeness (QED) is 0.683. The van der Waals surface area contributed by atoms with Crippen LogP contribution in [0.1, 0.15) is 6.42 Å². The van der Waals surface area contributed by atoms with Crippen LogP contribution in [-0.4, -0.2) is 25.2 Å². The molecule has 0 radical (unpaired) electrons. The monoisotopic (exact) mass is 252 g/mol. The Balaban J connectivity index is 2.01. The molecule has 0 aromatic rings. The Morgan fingerprint density at radius 1 is 1.43 bits per heavy atom. The highest BCUT2D eigenvalue weighted by molar-refractivity contribution is 9.11. The van der Waals surface area contributed by atoms with E-state index in [0.29, 0.717) is 12.1 Å². The lowest BCUT2D eigenvalue weighted by atomic mass is 9.96. The summed E-state index contributed by atoms with van der Waals surface area (Å²) in [6, 6.07) is 1.06. The number of rotatable bonds is 0. The van der Waals surface area contributed by atoms with Gasteiger partial charge >= 0.3 is 0 Å². The summed E-state index contributed by atoms with van der Waals surface area (Å²) < 4.78 is 1.18. The van der Waals surface area contributed by atoms with Crippen molar-refractivity contribution in [3.63, 3.8) is 0 Å². The van der Waals surface area contributed by atoms with Crippen molar-refractivity contribution < 1.29 is 0 Å². The lowest BCUT2D eigenvalue weighted by Gasteiger charge is -2.22. The van der Waals surface area contributed by atoms with Crippen LogP contribution in [0, 0.1) is 0 Å². The average Bonchev–Trinajstić information content (AvgIpc) is 2.56. The fourth-order valence-corrected chi connectivity index (χ4v) is 2.89. The molecule has 1 saturated heterocycles. The highest BCUT2D eigenvalue weighted by atomic mass is 79.9. The molecule has 0 aromatic heterocycles. The summed E-state index contributed by atoms with van der Waals surface area (Å²) in [5.41, 5.74) is 3.03. The molecule has 3 rings (SSSR count). The smallest absolute Gasteiger partial charge is 0.0515 e. The van der Waals surface area contributed by atoms with E-state index < -0.39 is 0 Å². The molecular formula is C11H13BrN2. The van der Waals surface area contributed by atoms with Gasteiger partial charge in [0.05, 0.1) is 6.04 Å². The van der Waals surface area contributed by atoms with E-state index in [2.05, 4.69) is 44.8 Å². The molecule has 2 N–H and O–H groups in total. The van der Waals surface area contributed by atoms with Crippen LogP contribution < -0.4 is 10.6 Å². The van der Waals surface area contributed by atoms with Crippen LogP contribution in [0.25, 0.3) is 0 Å². The summed E-state index contributed by atoms with van der Waals surface area (Å²) in [5, 5.41) is 7.09. The first-order valence-electron chi connectivity index (χ1n) is 5.10. The van der Waals surface area contributed by atoms with Crippen molar-refractivity contribution in [1.82, 2.24) is 10.6 Å². The van der Waals surface area contributed by atoms with Crippen LogP contribution in [0.2, 0.25) is 0 Å². The maximum absolute atomic E-state index is 3.65. The number of hydrogen-bond acceptors (Lipinski definition) is 2. The Morgan fingerprint density at radius 2 is 2.36 bits per heavy atom. The molecule has 0 bridgehead atoms. The van der Waals surface area contributed by atoms with Crippen molar-refractivity contribution in [2.45, 2.75) is 18.5 Å². The van der Waals surface area contributed by atoms with E-state index in [-0.39, 0.29) is 0 Å². The normalized spacial score (nSPS) is 35.4. The molecule has 2 nitrogen and oxygen atoms in total. The minimum Gasteiger partial charge on any atom is -0.313 e. The summed E-state index contributed by atoms with van der Waals surface area (Å²) in [5.74, 6) is 0. The minimum atomic E-state index is 0.455. The molecule has 3 aliphatic rings. The molecule has 0 saturated carbocycles. The lowest BCUT2D eigenvalue weighted by Crippen LogP contribution is -2.39. The number of hydrogen-bond donors (Lipinski definition) is 2. The Hall–Kier alpha value is -0.380. The Labute approximate surface area is 92.3 Å². The fourth-order valence-electron chi connectivity index (χ4n) is 2.49. The van der Waals surface area contributed by atoms with E-state index in [0.717, 1.165) is 13.1 Å². The molecule has 1 fully saturated rings. The molecule has 0 aromatic carbocycles. The van der Waals surface area contributed by atoms with Crippen LogP contribution in [-0.2, 0) is 0 Å². The summed E-state index contributed by atoms with van der Waals surface area (Å²) in [6.07, 6.45) is 7.84. The first-order chi connectivity index (χ1) is 6.84. The second kappa shape index (κ2) is 3.33. The Bertz CT molecular complexity index is 354. The zero-order valence-electron chi connectivity index (χ0n) is 7.89. The van der Waals surface area contributed by atoms with Gasteiger partial charge in [0, 0.05) is 17.1 Å². The van der Waals surface area contributed by atoms with Gasteiger partial charge in [0.2, 0.25) is 0 Å². The van der Waals surface area contributed by atoms with Gasteiger partial charge in [0.15, 0.2) is 0 Å². The van der Waals surface area contributed by atoms with E-state index in [1.165, 1.54) is 16.5 Å². The molecule has 2 atom stereocenters. The van der Waals surface area contributed by atoms with Gasteiger partial charge in [-0.05, 0) is 30.2 Å². The predicted octanol–water partition coefficient (Wildman–Crippen LogP) is 1.47. The molecule has 0 amide bonds. The number of halogens is 1. The number of nitrogens with one attached hydrogen (secondary N) is 2. The van der Waals surface area contributed by atoms with Gasteiger partial charge in [-0.1, -0.05) is 28.1 Å². The zero-order valence-corrected chi connectivity index (χ0v) is 9.47. The SMILES string of the molecule is BrC1=CC2=C3CNCCC3NC2C=C1. The molecule has 14 heavy (non-hydrogen) atoms. The largest absolute Gasteiger partial charge is 0.313 e. The van der Waals surface area contributed by atoms with Crippen LogP contribution in [0.3, 0.4) is 0 Å². The van der Waals surface area contributed by atoms with Gasteiger partial charge in [-0.15, -0.1) is 0 Å². The van der Waals surface area contributed by atoms with Crippen LogP contribution >= 0.6 is 15.9 Å². The molecule has 3 heteroatoms. The van der Waals surface area contributed by atoms with Crippen LogP contribution in [0.15, 0.2) is 33.9 Å². The maximum Gasteiger partial charge on any atom is 0.0515 e.